The Morgan fingerprint density at radius 2 is 1.75 bits per heavy atom. The summed E-state index contributed by atoms with van der Waals surface area (Å²) in [6.45, 7) is 0. The molecule has 1 aromatic heterocycles. The summed E-state index contributed by atoms with van der Waals surface area (Å²) in [5, 5.41) is 1.45. The van der Waals surface area contributed by atoms with Gasteiger partial charge >= 0.3 is 0 Å². The zero-order chi connectivity index (χ0) is 14.3. The quantitative estimate of drug-likeness (QED) is 0.675. The van der Waals surface area contributed by atoms with Crippen LogP contribution in [0, 0.1) is 5.82 Å². The maximum atomic E-state index is 13.1. The number of hydrogen-bond donors (Lipinski definition) is 1. The Balaban J connectivity index is 2.12. The Morgan fingerprint density at radius 1 is 1.05 bits per heavy atom. The van der Waals surface area contributed by atoms with E-state index in [1.165, 1.54) is 12.1 Å². The van der Waals surface area contributed by atoms with Crippen molar-refractivity contribution in [2.75, 3.05) is 0 Å². The van der Waals surface area contributed by atoms with Gasteiger partial charge < -0.3 is 4.98 Å². The number of carbonyl (C=O) groups excluding carboxylic acids is 1. The molecule has 0 amide bonds. The Bertz CT molecular complexity index is 806. The molecule has 0 saturated carbocycles. The van der Waals surface area contributed by atoms with Gasteiger partial charge in [-0.25, -0.2) is 4.39 Å². The van der Waals surface area contributed by atoms with E-state index in [2.05, 4.69) is 4.98 Å². The van der Waals surface area contributed by atoms with Crippen molar-refractivity contribution in [3.8, 4) is 0 Å². The number of fused-ring (bicyclic) bond motifs is 1. The highest BCUT2D eigenvalue weighted by molar-refractivity contribution is 6.35. The van der Waals surface area contributed by atoms with Crippen LogP contribution in [0.4, 0.5) is 4.39 Å². The lowest BCUT2D eigenvalue weighted by Gasteiger charge is -2.02. The molecule has 3 aromatic rings. The van der Waals surface area contributed by atoms with Crippen LogP contribution in [0.25, 0.3) is 10.9 Å². The number of halogens is 3. The fraction of sp³-hybridized carbons (Fsp3) is 0. The monoisotopic (exact) mass is 307 g/mol. The van der Waals surface area contributed by atoms with Crippen LogP contribution in [0.5, 0.6) is 0 Å². The number of aromatic nitrogens is 1. The maximum absolute atomic E-state index is 13.1. The van der Waals surface area contributed by atoms with Crippen molar-refractivity contribution in [3.63, 3.8) is 0 Å². The molecule has 0 fully saturated rings. The van der Waals surface area contributed by atoms with E-state index in [-0.39, 0.29) is 11.6 Å². The lowest BCUT2D eigenvalue weighted by molar-refractivity contribution is 0.104. The van der Waals surface area contributed by atoms with Gasteiger partial charge in [-0.2, -0.15) is 0 Å². The molecule has 100 valence electrons. The van der Waals surface area contributed by atoms with Crippen molar-refractivity contribution in [2.45, 2.75) is 0 Å². The first-order valence-corrected chi connectivity index (χ1v) is 6.57. The van der Waals surface area contributed by atoms with Crippen LogP contribution in [0.2, 0.25) is 10.0 Å². The summed E-state index contributed by atoms with van der Waals surface area (Å²) in [6, 6.07) is 8.90. The molecule has 2 aromatic carbocycles. The van der Waals surface area contributed by atoms with Crippen LogP contribution in [0.15, 0.2) is 42.6 Å². The average Bonchev–Trinajstić information content (AvgIpc) is 2.79. The van der Waals surface area contributed by atoms with E-state index in [1.54, 1.807) is 30.5 Å². The smallest absolute Gasteiger partial charge is 0.195 e. The van der Waals surface area contributed by atoms with Crippen molar-refractivity contribution >= 4 is 39.9 Å². The number of rotatable bonds is 2. The topological polar surface area (TPSA) is 32.9 Å². The van der Waals surface area contributed by atoms with Crippen LogP contribution in [0.1, 0.15) is 15.9 Å². The summed E-state index contributed by atoms with van der Waals surface area (Å²) >= 11 is 11.8. The molecule has 5 heteroatoms. The number of hydrogen-bond acceptors (Lipinski definition) is 1. The summed E-state index contributed by atoms with van der Waals surface area (Å²) < 4.78 is 13.1. The Labute approximate surface area is 124 Å². The van der Waals surface area contributed by atoms with Crippen molar-refractivity contribution in [1.29, 1.82) is 0 Å². The summed E-state index contributed by atoms with van der Waals surface area (Å²) in [5.41, 5.74) is 1.42. The van der Waals surface area contributed by atoms with Gasteiger partial charge in [-0.3, -0.25) is 4.79 Å². The van der Waals surface area contributed by atoms with Gasteiger partial charge in [-0.1, -0.05) is 23.2 Å². The highest BCUT2D eigenvalue weighted by Gasteiger charge is 2.15. The van der Waals surface area contributed by atoms with E-state index < -0.39 is 0 Å². The number of aromatic amines is 1. The largest absolute Gasteiger partial charge is 0.360 e. The number of H-pyrrole nitrogens is 1. The first-order chi connectivity index (χ1) is 9.54. The minimum Gasteiger partial charge on any atom is -0.360 e. The molecule has 1 heterocycles. The van der Waals surface area contributed by atoms with Crippen molar-refractivity contribution < 1.29 is 9.18 Å². The molecule has 0 aliphatic heterocycles. The maximum Gasteiger partial charge on any atom is 0.195 e. The molecule has 0 aliphatic rings. The van der Waals surface area contributed by atoms with Crippen LogP contribution >= 0.6 is 23.2 Å². The van der Waals surface area contributed by atoms with Gasteiger partial charge in [0.15, 0.2) is 5.78 Å². The van der Waals surface area contributed by atoms with E-state index in [9.17, 15) is 9.18 Å². The third kappa shape index (κ3) is 2.30. The first-order valence-electron chi connectivity index (χ1n) is 5.82. The zero-order valence-electron chi connectivity index (χ0n) is 10.1. The molecule has 2 nitrogen and oxygen atoms in total. The first kappa shape index (κ1) is 13.2. The molecular weight excluding hydrogens is 300 g/mol. The Kier molecular flexibility index (Phi) is 3.24. The predicted molar refractivity (Wildman–Crippen MR) is 78.2 cm³/mol. The molecule has 0 spiro atoms. The molecular formula is C15H8Cl2FNO. The fourth-order valence-corrected chi connectivity index (χ4v) is 2.65. The standard InChI is InChI=1S/C15H8Cl2FNO/c16-9-3-8(4-10(17)5-9)15(20)13-7-19-14-6-11(18)1-2-12(13)14/h1-7,19H. The van der Waals surface area contributed by atoms with Gasteiger partial charge in [0.1, 0.15) is 5.82 Å². The minimum absolute atomic E-state index is 0.216. The zero-order valence-corrected chi connectivity index (χ0v) is 11.6. The van der Waals surface area contributed by atoms with Gasteiger partial charge in [0.05, 0.1) is 0 Å². The van der Waals surface area contributed by atoms with E-state index in [0.29, 0.717) is 32.1 Å². The van der Waals surface area contributed by atoms with E-state index in [0.717, 1.165) is 0 Å². The van der Waals surface area contributed by atoms with Crippen molar-refractivity contribution in [1.82, 2.24) is 4.98 Å². The third-order valence-electron chi connectivity index (χ3n) is 3.01. The second kappa shape index (κ2) is 4.93. The number of carbonyl (C=O) groups is 1. The second-order valence-electron chi connectivity index (χ2n) is 4.38. The highest BCUT2D eigenvalue weighted by atomic mass is 35.5. The summed E-state index contributed by atoms with van der Waals surface area (Å²) in [4.78, 5) is 15.4. The minimum atomic E-state index is -0.357. The van der Waals surface area contributed by atoms with Gasteiger partial charge in [-0.05, 0) is 36.4 Å². The number of ketones is 1. The molecule has 0 unspecified atom stereocenters. The van der Waals surface area contributed by atoms with Crippen LogP contribution in [-0.4, -0.2) is 10.8 Å². The van der Waals surface area contributed by atoms with E-state index in [1.807, 2.05) is 0 Å². The third-order valence-corrected chi connectivity index (χ3v) is 3.45. The van der Waals surface area contributed by atoms with Crippen LogP contribution in [-0.2, 0) is 0 Å². The van der Waals surface area contributed by atoms with Crippen LogP contribution < -0.4 is 0 Å². The van der Waals surface area contributed by atoms with Gasteiger partial charge in [0.2, 0.25) is 0 Å². The predicted octanol–water partition coefficient (Wildman–Crippen LogP) is 4.84. The molecule has 0 saturated heterocycles. The number of nitrogens with one attached hydrogen (secondary N) is 1. The van der Waals surface area contributed by atoms with E-state index >= 15 is 0 Å². The van der Waals surface area contributed by atoms with Crippen LogP contribution in [0.3, 0.4) is 0 Å². The second-order valence-corrected chi connectivity index (χ2v) is 5.25. The highest BCUT2D eigenvalue weighted by Crippen LogP contribution is 2.25. The molecule has 0 aliphatic carbocycles. The molecule has 0 bridgehead atoms. The SMILES string of the molecule is O=C(c1cc(Cl)cc(Cl)c1)c1c[nH]c2cc(F)ccc12. The summed E-state index contributed by atoms with van der Waals surface area (Å²) in [7, 11) is 0. The van der Waals surface area contributed by atoms with Gasteiger partial charge in [0, 0.05) is 38.3 Å². The Hall–Kier alpha value is -1.84. The molecule has 20 heavy (non-hydrogen) atoms. The summed E-state index contributed by atoms with van der Waals surface area (Å²) in [5.74, 6) is -0.573. The molecule has 1 N–H and O–H groups in total. The summed E-state index contributed by atoms with van der Waals surface area (Å²) in [6.07, 6.45) is 1.56. The average molecular weight is 308 g/mol. The molecule has 0 radical (unpaired) electrons. The lowest BCUT2D eigenvalue weighted by Crippen LogP contribution is -2.00. The van der Waals surface area contributed by atoms with Crippen molar-refractivity contribution in [3.05, 3.63) is 69.6 Å². The van der Waals surface area contributed by atoms with Crippen molar-refractivity contribution in [2.24, 2.45) is 0 Å². The van der Waals surface area contributed by atoms with Gasteiger partial charge in [0.25, 0.3) is 0 Å². The van der Waals surface area contributed by atoms with E-state index in [4.69, 9.17) is 23.2 Å². The lowest BCUT2D eigenvalue weighted by atomic mass is 10.0. The molecule has 0 atom stereocenters. The normalized spacial score (nSPS) is 10.9. The fourth-order valence-electron chi connectivity index (χ4n) is 2.13. The van der Waals surface area contributed by atoms with Gasteiger partial charge in [-0.15, -0.1) is 0 Å². The Morgan fingerprint density at radius 3 is 2.45 bits per heavy atom. The molecule has 3 rings (SSSR count). The number of benzene rings is 2.